The van der Waals surface area contributed by atoms with Crippen LogP contribution in [0.5, 0.6) is 0 Å². The van der Waals surface area contributed by atoms with Crippen LogP contribution in [0.2, 0.25) is 0 Å². The Morgan fingerprint density at radius 2 is 2.17 bits per heavy atom. The van der Waals surface area contributed by atoms with Crippen LogP contribution < -0.4 is 22.6 Å². The van der Waals surface area contributed by atoms with Gasteiger partial charge in [0.05, 0.1) is 19.4 Å². The highest BCUT2D eigenvalue weighted by Crippen LogP contribution is 2.25. The molecule has 9 N–H and O–H groups in total. The molecule has 8 nitrogen and oxygen atoms in total. The lowest BCUT2D eigenvalue weighted by molar-refractivity contribution is 0.0119. The Balaban J connectivity index is 3.10. The van der Waals surface area contributed by atoms with E-state index >= 15 is 0 Å². The van der Waals surface area contributed by atoms with Gasteiger partial charge in [-0.25, -0.2) is 19.6 Å². The van der Waals surface area contributed by atoms with E-state index in [1.165, 1.54) is 6.20 Å². The van der Waals surface area contributed by atoms with Gasteiger partial charge in [-0.05, 0) is 6.07 Å². The smallest absolute Gasteiger partial charge is 0.132 e. The van der Waals surface area contributed by atoms with Gasteiger partial charge in [0.1, 0.15) is 23.6 Å². The lowest BCUT2D eigenvalue weighted by Crippen LogP contribution is -2.48. The molecule has 0 bridgehead atoms. The number of aliphatic imine (C=N–C) groups is 1. The van der Waals surface area contributed by atoms with E-state index in [4.69, 9.17) is 22.7 Å². The fraction of sp³-hybridized carbons (Fsp3) is 0.286. The predicted molar refractivity (Wildman–Crippen MR) is 87.8 cm³/mol. The fourth-order valence-corrected chi connectivity index (χ4v) is 2.02. The molecular weight excluding hydrogens is 320 g/mol. The minimum absolute atomic E-state index is 0.0568. The van der Waals surface area contributed by atoms with Gasteiger partial charge in [-0.3, -0.25) is 5.41 Å². The van der Waals surface area contributed by atoms with Crippen LogP contribution in [0.4, 0.5) is 8.78 Å². The van der Waals surface area contributed by atoms with Gasteiger partial charge >= 0.3 is 0 Å². The van der Waals surface area contributed by atoms with Crippen LogP contribution in [-0.2, 0) is 5.60 Å². The summed E-state index contributed by atoms with van der Waals surface area (Å²) in [6, 6.07) is 2.82. The maximum atomic E-state index is 14.1. The van der Waals surface area contributed by atoms with Gasteiger partial charge in [0.2, 0.25) is 0 Å². The van der Waals surface area contributed by atoms with Crippen molar-refractivity contribution in [2.24, 2.45) is 22.3 Å². The number of rotatable bonds is 9. The van der Waals surface area contributed by atoms with E-state index < -0.39 is 17.2 Å². The van der Waals surface area contributed by atoms with Crippen molar-refractivity contribution < 1.29 is 13.9 Å². The number of nitrogens with zero attached hydrogens (tertiary/aromatic N) is 2. The molecule has 0 spiro atoms. The van der Waals surface area contributed by atoms with E-state index in [9.17, 15) is 13.9 Å². The number of hydrazine groups is 1. The first kappa shape index (κ1) is 19.5. The number of benzene rings is 1. The van der Waals surface area contributed by atoms with Gasteiger partial charge in [-0.2, -0.15) is 0 Å². The van der Waals surface area contributed by atoms with Crippen molar-refractivity contribution >= 4 is 12.7 Å². The van der Waals surface area contributed by atoms with E-state index in [0.29, 0.717) is 6.07 Å². The van der Waals surface area contributed by atoms with Crippen LogP contribution in [0.1, 0.15) is 5.56 Å². The molecule has 132 valence electrons. The summed E-state index contributed by atoms with van der Waals surface area (Å²) in [5, 5.41) is 21.3. The molecule has 1 aromatic carbocycles. The van der Waals surface area contributed by atoms with Crippen molar-refractivity contribution in [2.75, 3.05) is 19.6 Å². The van der Waals surface area contributed by atoms with Crippen LogP contribution in [0.15, 0.2) is 35.1 Å². The predicted octanol–water partition coefficient (Wildman–Crippen LogP) is -0.688. The lowest BCUT2D eigenvalue weighted by atomic mass is 9.92. The molecule has 0 aliphatic heterocycles. The van der Waals surface area contributed by atoms with Crippen LogP contribution in [0, 0.1) is 17.0 Å². The highest BCUT2D eigenvalue weighted by molar-refractivity contribution is 5.68. The minimum atomic E-state index is -1.83. The van der Waals surface area contributed by atoms with E-state index in [1.54, 1.807) is 0 Å². The molecular formula is C14H21F2N7O. The molecule has 0 saturated heterocycles. The summed E-state index contributed by atoms with van der Waals surface area (Å²) >= 11 is 0. The summed E-state index contributed by atoms with van der Waals surface area (Å²) in [7, 11) is 0. The number of nitrogens with one attached hydrogen (secondary N) is 2. The molecule has 10 heteroatoms. The molecule has 0 radical (unpaired) electrons. The molecule has 0 aromatic heterocycles. The molecule has 0 heterocycles. The summed E-state index contributed by atoms with van der Waals surface area (Å²) in [4.78, 5) is 3.49. The maximum absolute atomic E-state index is 14.1. The first-order valence-corrected chi connectivity index (χ1v) is 6.92. The third-order valence-corrected chi connectivity index (χ3v) is 3.08. The Morgan fingerprint density at radius 1 is 1.46 bits per heavy atom. The van der Waals surface area contributed by atoms with E-state index in [1.807, 2.05) is 0 Å². The monoisotopic (exact) mass is 341 g/mol. The van der Waals surface area contributed by atoms with E-state index in [2.05, 4.69) is 10.3 Å². The first-order valence-electron chi connectivity index (χ1n) is 6.92. The van der Waals surface area contributed by atoms with Crippen molar-refractivity contribution in [1.82, 2.24) is 10.3 Å². The zero-order chi connectivity index (χ0) is 18.2. The second kappa shape index (κ2) is 8.91. The number of aliphatic hydroxyl groups is 1. The molecule has 1 rings (SSSR count). The van der Waals surface area contributed by atoms with Crippen molar-refractivity contribution in [3.05, 3.63) is 47.3 Å². The second-order valence-corrected chi connectivity index (χ2v) is 5.02. The second-order valence-electron chi connectivity index (χ2n) is 5.02. The minimum Gasteiger partial charge on any atom is -0.400 e. The molecule has 0 amide bonds. The highest BCUT2D eigenvalue weighted by atomic mass is 19.1. The van der Waals surface area contributed by atoms with Crippen LogP contribution in [0.25, 0.3) is 0 Å². The highest BCUT2D eigenvalue weighted by Gasteiger charge is 2.33. The molecule has 1 aromatic rings. The Hall–Kier alpha value is -2.56. The standard InChI is InChI=1S/C14H21F2N7O/c15-10-1-2-12(13(16)3-10)14(24,6-21-9-22-8-18)7-23(20)5-11(19)4-17/h1-3,5,8-9,24H,4,6-7,17,19-20H2,(H2,18,21,22)/b11-5-. The van der Waals surface area contributed by atoms with E-state index in [-0.39, 0.29) is 30.9 Å². The third kappa shape index (κ3) is 5.57. The van der Waals surface area contributed by atoms with Gasteiger partial charge in [-0.15, -0.1) is 0 Å². The van der Waals surface area contributed by atoms with E-state index in [0.717, 1.165) is 29.8 Å². The summed E-state index contributed by atoms with van der Waals surface area (Å²) in [6.45, 7) is -0.403. The summed E-state index contributed by atoms with van der Waals surface area (Å²) in [5.74, 6) is 4.06. The number of hydrogen-bond acceptors (Lipinski definition) is 6. The Morgan fingerprint density at radius 3 is 2.75 bits per heavy atom. The summed E-state index contributed by atoms with van der Waals surface area (Å²) < 4.78 is 27.2. The summed E-state index contributed by atoms with van der Waals surface area (Å²) in [6.07, 6.45) is 3.24. The molecule has 1 atom stereocenters. The third-order valence-electron chi connectivity index (χ3n) is 3.08. The fourth-order valence-electron chi connectivity index (χ4n) is 2.02. The van der Waals surface area contributed by atoms with Crippen molar-refractivity contribution in [3.8, 4) is 0 Å². The molecule has 0 aliphatic carbocycles. The van der Waals surface area contributed by atoms with Gasteiger partial charge in [0.25, 0.3) is 0 Å². The molecule has 1 unspecified atom stereocenters. The number of nitrogens with two attached hydrogens (primary N) is 3. The Kier molecular flexibility index (Phi) is 7.24. The maximum Gasteiger partial charge on any atom is 0.132 e. The topological polar surface area (TPSA) is 150 Å². The van der Waals surface area contributed by atoms with Crippen LogP contribution in [-0.4, -0.2) is 42.4 Å². The number of halogens is 2. The van der Waals surface area contributed by atoms with Crippen LogP contribution >= 0.6 is 0 Å². The van der Waals surface area contributed by atoms with Crippen molar-refractivity contribution in [1.29, 1.82) is 5.41 Å². The molecule has 0 aliphatic rings. The number of hydrogen-bond donors (Lipinski definition) is 6. The summed E-state index contributed by atoms with van der Waals surface area (Å²) in [5.41, 5.74) is 9.20. The molecule has 0 fully saturated rings. The van der Waals surface area contributed by atoms with Crippen molar-refractivity contribution in [2.45, 2.75) is 5.60 Å². The van der Waals surface area contributed by atoms with Gasteiger partial charge in [0.15, 0.2) is 0 Å². The Labute approximate surface area is 138 Å². The van der Waals surface area contributed by atoms with Gasteiger partial charge in [-0.1, -0.05) is 6.07 Å². The quantitative estimate of drug-likeness (QED) is 0.151. The lowest BCUT2D eigenvalue weighted by Gasteiger charge is -2.32. The zero-order valence-corrected chi connectivity index (χ0v) is 12.9. The van der Waals surface area contributed by atoms with Gasteiger partial charge < -0.3 is 26.9 Å². The zero-order valence-electron chi connectivity index (χ0n) is 12.9. The molecule has 24 heavy (non-hydrogen) atoms. The average Bonchev–Trinajstić information content (AvgIpc) is 2.51. The normalized spacial score (nSPS) is 14.5. The largest absolute Gasteiger partial charge is 0.400 e. The SMILES string of the molecule is N=C/N=C\NCC(O)(CN(N)/C=C(\N)CN)c1ccc(F)cc1F. The van der Waals surface area contributed by atoms with Crippen LogP contribution in [0.3, 0.4) is 0 Å². The van der Waals surface area contributed by atoms with Crippen molar-refractivity contribution in [3.63, 3.8) is 0 Å². The average molecular weight is 341 g/mol. The Bertz CT molecular complexity index is 623. The molecule has 0 saturated carbocycles. The first-order chi connectivity index (χ1) is 11.3. The van der Waals surface area contributed by atoms with Gasteiger partial charge in [0, 0.05) is 30.1 Å².